The fourth-order valence-electron chi connectivity index (χ4n) is 4.03. The maximum atomic E-state index is 13.5. The first-order valence-electron chi connectivity index (χ1n) is 11.8. The van der Waals surface area contributed by atoms with Gasteiger partial charge in [0.25, 0.3) is 0 Å². The molecule has 4 rings (SSSR count). The largest absolute Gasteiger partial charge is 0.489 e. The lowest BCUT2D eigenvalue weighted by Gasteiger charge is -2.28. The summed E-state index contributed by atoms with van der Waals surface area (Å²) in [6.07, 6.45) is -7.06. The molecular weight excluding hydrogens is 534 g/mol. The zero-order valence-corrected chi connectivity index (χ0v) is 20.6. The van der Waals surface area contributed by atoms with Crippen LogP contribution in [0.3, 0.4) is 0 Å². The number of fused-ring (bicyclic) bond motifs is 1. The molecule has 1 aromatic carbocycles. The van der Waals surface area contributed by atoms with Crippen LogP contribution >= 0.6 is 0 Å². The molecule has 3 heterocycles. The van der Waals surface area contributed by atoms with Gasteiger partial charge in [0.2, 0.25) is 5.88 Å². The Morgan fingerprint density at radius 3 is 2.67 bits per heavy atom. The van der Waals surface area contributed by atoms with Gasteiger partial charge >= 0.3 is 18.3 Å². The molecule has 7 nitrogen and oxygen atoms in total. The van der Waals surface area contributed by atoms with Crippen LogP contribution in [-0.2, 0) is 17.6 Å². The van der Waals surface area contributed by atoms with Gasteiger partial charge in [-0.25, -0.2) is 9.78 Å². The fraction of sp³-hybridized carbons (Fsp3) is 0.385. The predicted octanol–water partition coefficient (Wildman–Crippen LogP) is 5.50. The fourth-order valence-corrected chi connectivity index (χ4v) is 4.03. The number of aromatic nitrogens is 1. The predicted molar refractivity (Wildman–Crippen MR) is 126 cm³/mol. The van der Waals surface area contributed by atoms with Gasteiger partial charge in [-0.05, 0) is 43.2 Å². The van der Waals surface area contributed by atoms with E-state index < -0.39 is 35.9 Å². The van der Waals surface area contributed by atoms with Crippen molar-refractivity contribution >= 4 is 12.0 Å². The Kier molecular flexibility index (Phi) is 8.09. The number of ether oxygens (including phenoxy) is 3. The van der Waals surface area contributed by atoms with Crippen molar-refractivity contribution in [2.45, 2.75) is 38.4 Å². The summed E-state index contributed by atoms with van der Waals surface area (Å²) in [5, 5.41) is 9.21. The lowest BCUT2D eigenvalue weighted by molar-refractivity contribution is -0.192. The van der Waals surface area contributed by atoms with E-state index in [4.69, 9.17) is 9.47 Å². The van der Waals surface area contributed by atoms with Crippen molar-refractivity contribution in [3.63, 3.8) is 0 Å². The van der Waals surface area contributed by atoms with E-state index >= 15 is 0 Å². The normalized spacial score (nSPS) is 16.9. The number of rotatable bonds is 8. The first-order chi connectivity index (χ1) is 18.3. The number of alkyl halides is 6. The Bertz CT molecular complexity index is 1290. The van der Waals surface area contributed by atoms with Gasteiger partial charge in [-0.2, -0.15) is 26.3 Å². The van der Waals surface area contributed by atoms with Gasteiger partial charge in [-0.15, -0.1) is 0 Å². The number of halogens is 6. The number of aliphatic carboxylic acids is 1. The first kappa shape index (κ1) is 28.3. The summed E-state index contributed by atoms with van der Waals surface area (Å²) in [7, 11) is 0. The molecule has 2 aliphatic rings. The summed E-state index contributed by atoms with van der Waals surface area (Å²) in [6.45, 7) is 2.14. The number of carboxylic acid groups (broad SMARTS) is 1. The molecule has 0 fully saturated rings. The molecule has 0 aliphatic carbocycles. The minimum absolute atomic E-state index is 0.0218. The molecule has 0 amide bonds. The number of carbonyl (C=O) groups is 1. The van der Waals surface area contributed by atoms with E-state index in [9.17, 15) is 36.2 Å². The van der Waals surface area contributed by atoms with Crippen molar-refractivity contribution < 1.29 is 50.5 Å². The lowest BCUT2D eigenvalue weighted by atomic mass is 10.0. The molecule has 0 bridgehead atoms. The second kappa shape index (κ2) is 11.2. The molecule has 0 unspecified atom stereocenters. The van der Waals surface area contributed by atoms with E-state index in [0.717, 1.165) is 23.9 Å². The molecule has 2 aromatic rings. The van der Waals surface area contributed by atoms with Crippen LogP contribution in [0, 0.1) is 0 Å². The van der Waals surface area contributed by atoms with E-state index in [2.05, 4.69) is 9.72 Å². The maximum Gasteiger partial charge on any atom is 0.425 e. The number of pyridine rings is 1. The number of carboxylic acids is 1. The van der Waals surface area contributed by atoms with Crippen LogP contribution < -0.4 is 14.2 Å². The van der Waals surface area contributed by atoms with Gasteiger partial charge in [0, 0.05) is 48.6 Å². The average Bonchev–Trinajstić information content (AvgIpc) is 2.87. The molecule has 210 valence electrons. The Hall–Kier alpha value is -3.74. The molecule has 1 atom stereocenters. The van der Waals surface area contributed by atoms with Crippen molar-refractivity contribution in [3.8, 4) is 17.4 Å². The highest BCUT2D eigenvalue weighted by atomic mass is 19.4. The highest BCUT2D eigenvalue weighted by Gasteiger charge is 2.41. The van der Waals surface area contributed by atoms with Crippen LogP contribution in [0.1, 0.15) is 30.0 Å². The third-order valence-corrected chi connectivity index (χ3v) is 6.06. The van der Waals surface area contributed by atoms with Crippen molar-refractivity contribution in [3.05, 3.63) is 64.4 Å². The van der Waals surface area contributed by atoms with E-state index in [0.29, 0.717) is 49.6 Å². The summed E-state index contributed by atoms with van der Waals surface area (Å²) in [6, 6.07) is 5.54. The highest BCUT2D eigenvalue weighted by molar-refractivity contribution is 5.87. The standard InChI is InChI=1S/C26H24F6N2O5/c1-15(25(27,28)29)39-23-21(26(30,31)32)8-16(10-33-23)13-37-20-5-4-18-7-17(14-38-22(18)9-20)11-34-6-2-3-19(12-34)24(35)36/h3-5,7-10,15H,2,6,11-14H2,1H3,(H,35,36)/t15-/m0/s1. The van der Waals surface area contributed by atoms with E-state index in [-0.39, 0.29) is 18.8 Å². The third-order valence-electron chi connectivity index (χ3n) is 6.06. The van der Waals surface area contributed by atoms with Gasteiger partial charge in [0.1, 0.15) is 30.3 Å². The van der Waals surface area contributed by atoms with Crippen molar-refractivity contribution in [1.82, 2.24) is 9.88 Å². The SMILES string of the molecule is C[C@H](Oc1ncc(COc2ccc3c(c2)OCC(CN2CCC=C(C(=O)O)C2)=C3)cc1C(F)(F)F)C(F)(F)F. The van der Waals surface area contributed by atoms with Gasteiger partial charge in [0.05, 0.1) is 0 Å². The number of hydrogen-bond donors (Lipinski definition) is 1. The third kappa shape index (κ3) is 7.22. The molecule has 39 heavy (non-hydrogen) atoms. The van der Waals surface area contributed by atoms with Crippen molar-refractivity contribution in [2.75, 3.05) is 26.2 Å². The van der Waals surface area contributed by atoms with E-state index in [1.54, 1.807) is 24.3 Å². The Balaban J connectivity index is 1.41. The molecule has 0 saturated carbocycles. The van der Waals surface area contributed by atoms with Crippen LogP contribution in [0.25, 0.3) is 6.08 Å². The van der Waals surface area contributed by atoms with Crippen molar-refractivity contribution in [1.29, 1.82) is 0 Å². The van der Waals surface area contributed by atoms with Crippen molar-refractivity contribution in [2.24, 2.45) is 0 Å². The number of benzene rings is 1. The smallest absolute Gasteiger partial charge is 0.425 e. The van der Waals surface area contributed by atoms with Crippen LogP contribution in [-0.4, -0.2) is 59.5 Å². The van der Waals surface area contributed by atoms with Gasteiger partial charge in [-0.3, -0.25) is 4.90 Å². The van der Waals surface area contributed by atoms with Crippen LogP contribution in [0.4, 0.5) is 26.3 Å². The van der Waals surface area contributed by atoms with Crippen LogP contribution in [0.15, 0.2) is 47.7 Å². The molecule has 2 aliphatic heterocycles. The zero-order valence-electron chi connectivity index (χ0n) is 20.6. The Morgan fingerprint density at radius 2 is 1.97 bits per heavy atom. The molecule has 1 N–H and O–H groups in total. The number of hydrogen-bond acceptors (Lipinski definition) is 6. The minimum atomic E-state index is -4.99. The second-order valence-corrected chi connectivity index (χ2v) is 9.11. The lowest BCUT2D eigenvalue weighted by Crippen LogP contribution is -2.34. The topological polar surface area (TPSA) is 81.1 Å². The van der Waals surface area contributed by atoms with Crippen LogP contribution in [0.2, 0.25) is 0 Å². The summed E-state index contributed by atoms with van der Waals surface area (Å²) in [5.74, 6) is -1.30. The molecule has 0 radical (unpaired) electrons. The van der Waals surface area contributed by atoms with Crippen LogP contribution in [0.5, 0.6) is 17.4 Å². The molecular formula is C26H24F6N2O5. The summed E-state index contributed by atoms with van der Waals surface area (Å²) in [4.78, 5) is 16.7. The van der Waals surface area contributed by atoms with E-state index in [1.807, 2.05) is 11.0 Å². The van der Waals surface area contributed by atoms with E-state index in [1.165, 1.54) is 0 Å². The quantitative estimate of drug-likeness (QED) is 0.429. The highest BCUT2D eigenvalue weighted by Crippen LogP contribution is 2.37. The molecule has 0 saturated heterocycles. The monoisotopic (exact) mass is 558 g/mol. The molecule has 13 heteroatoms. The second-order valence-electron chi connectivity index (χ2n) is 9.11. The Morgan fingerprint density at radius 1 is 1.21 bits per heavy atom. The maximum absolute atomic E-state index is 13.5. The molecule has 0 spiro atoms. The minimum Gasteiger partial charge on any atom is -0.489 e. The number of nitrogens with zero attached hydrogens (tertiary/aromatic N) is 2. The average molecular weight is 558 g/mol. The first-order valence-corrected chi connectivity index (χ1v) is 11.8. The van der Waals surface area contributed by atoms with Gasteiger partial charge in [0.15, 0.2) is 6.10 Å². The zero-order chi connectivity index (χ0) is 28.4. The summed E-state index contributed by atoms with van der Waals surface area (Å²) >= 11 is 0. The van der Waals surface area contributed by atoms with Gasteiger partial charge < -0.3 is 19.3 Å². The molecule has 1 aromatic heterocycles. The summed E-state index contributed by atoms with van der Waals surface area (Å²) in [5.41, 5.74) is 0.611. The Labute approximate surface area is 219 Å². The van der Waals surface area contributed by atoms with Gasteiger partial charge in [-0.1, -0.05) is 6.08 Å². The summed E-state index contributed by atoms with van der Waals surface area (Å²) < 4.78 is 94.5.